The third-order valence-electron chi connectivity index (χ3n) is 2.60. The van der Waals surface area contributed by atoms with Gasteiger partial charge >= 0.3 is 0 Å². The molecule has 1 unspecified atom stereocenters. The van der Waals surface area contributed by atoms with E-state index in [2.05, 4.69) is 42.4 Å². The number of hydrogen-bond acceptors (Lipinski definition) is 5. The van der Waals surface area contributed by atoms with Gasteiger partial charge < -0.3 is 0 Å². The van der Waals surface area contributed by atoms with Gasteiger partial charge in [0.2, 0.25) is 0 Å². The summed E-state index contributed by atoms with van der Waals surface area (Å²) in [6.07, 6.45) is 1.88. The van der Waals surface area contributed by atoms with Crippen LogP contribution in [0.4, 0.5) is 0 Å². The normalized spacial score (nSPS) is 13.7. The topological polar surface area (TPSA) is 63.8 Å². The summed E-state index contributed by atoms with van der Waals surface area (Å²) in [6, 6.07) is 0.112. The van der Waals surface area contributed by atoms with E-state index in [0.29, 0.717) is 0 Å². The molecule has 1 aromatic heterocycles. The highest BCUT2D eigenvalue weighted by atomic mass is 32.1. The van der Waals surface area contributed by atoms with Gasteiger partial charge in [0.05, 0.1) is 16.6 Å². The first-order valence-electron chi connectivity index (χ1n) is 5.79. The fourth-order valence-electron chi connectivity index (χ4n) is 1.63. The lowest BCUT2D eigenvalue weighted by Crippen LogP contribution is -2.29. The van der Waals surface area contributed by atoms with Crippen LogP contribution >= 0.6 is 11.5 Å². The van der Waals surface area contributed by atoms with E-state index in [9.17, 15) is 0 Å². The number of hydrogen-bond donors (Lipinski definition) is 2. The zero-order valence-electron chi connectivity index (χ0n) is 11.1. The maximum atomic E-state index is 5.63. The summed E-state index contributed by atoms with van der Waals surface area (Å²) in [5, 5.41) is 4.23. The molecule has 1 atom stereocenters. The van der Waals surface area contributed by atoms with Crippen molar-refractivity contribution in [3.63, 3.8) is 0 Å². The number of aromatic nitrogens is 2. The Morgan fingerprint density at radius 3 is 2.65 bits per heavy atom. The summed E-state index contributed by atoms with van der Waals surface area (Å²) in [4.78, 5) is 1.14. The Morgan fingerprint density at radius 2 is 2.18 bits per heavy atom. The molecule has 0 saturated heterocycles. The Hall–Kier alpha value is -0.780. The summed E-state index contributed by atoms with van der Waals surface area (Å²) in [6.45, 7) is 12.4. The highest BCUT2D eigenvalue weighted by molar-refractivity contribution is 7.05. The molecule has 0 radical (unpaired) electrons. The number of rotatable bonds is 5. The van der Waals surface area contributed by atoms with Crippen LogP contribution in [0.5, 0.6) is 0 Å². The van der Waals surface area contributed by atoms with Crippen LogP contribution in [-0.4, -0.2) is 9.59 Å². The second kappa shape index (κ2) is 5.71. The van der Waals surface area contributed by atoms with Crippen molar-refractivity contribution in [1.29, 1.82) is 0 Å². The van der Waals surface area contributed by atoms with Gasteiger partial charge in [-0.25, -0.2) is 0 Å². The van der Waals surface area contributed by atoms with Crippen molar-refractivity contribution in [3.8, 4) is 0 Å². The summed E-state index contributed by atoms with van der Waals surface area (Å²) < 4.78 is 4.06. The second-order valence-electron chi connectivity index (χ2n) is 5.45. The molecule has 5 heteroatoms. The van der Waals surface area contributed by atoms with Crippen LogP contribution in [0.3, 0.4) is 0 Å². The van der Waals surface area contributed by atoms with Gasteiger partial charge in [0.1, 0.15) is 0 Å². The van der Waals surface area contributed by atoms with E-state index in [0.717, 1.165) is 23.4 Å². The quantitative estimate of drug-likeness (QED) is 0.482. The molecule has 0 saturated carbocycles. The van der Waals surface area contributed by atoms with Crippen molar-refractivity contribution in [1.82, 2.24) is 15.0 Å². The standard InChI is InChI=1S/C12H22N4S/c1-8(2)6-7-9(14-13)10-11(12(3,4)5)15-16-17-10/h9,14H,1,6-7,13H2,2-5H3. The molecule has 1 aromatic rings. The highest BCUT2D eigenvalue weighted by Gasteiger charge is 2.26. The Kier molecular flexibility index (Phi) is 4.80. The van der Waals surface area contributed by atoms with Crippen LogP contribution in [0.1, 0.15) is 57.1 Å². The summed E-state index contributed by atoms with van der Waals surface area (Å²) in [5.74, 6) is 5.63. The third kappa shape index (κ3) is 3.87. The first kappa shape index (κ1) is 14.3. The fraction of sp³-hybridized carbons (Fsp3) is 0.667. The van der Waals surface area contributed by atoms with Crippen molar-refractivity contribution in [2.75, 3.05) is 0 Å². The zero-order chi connectivity index (χ0) is 13.1. The number of hydrazine groups is 1. The molecule has 1 rings (SSSR count). The zero-order valence-corrected chi connectivity index (χ0v) is 11.9. The van der Waals surface area contributed by atoms with Crippen molar-refractivity contribution in [2.24, 2.45) is 5.84 Å². The molecule has 0 fully saturated rings. The maximum Gasteiger partial charge on any atom is 0.0857 e. The Bertz CT molecular complexity index is 378. The number of nitrogens with one attached hydrogen (secondary N) is 1. The molecule has 0 amide bonds. The van der Waals surface area contributed by atoms with Gasteiger partial charge in [-0.2, -0.15) is 0 Å². The molecule has 0 spiro atoms. The molecular weight excluding hydrogens is 232 g/mol. The molecule has 0 aliphatic rings. The Morgan fingerprint density at radius 1 is 1.53 bits per heavy atom. The molecule has 0 bridgehead atoms. The van der Waals surface area contributed by atoms with E-state index in [4.69, 9.17) is 5.84 Å². The molecule has 17 heavy (non-hydrogen) atoms. The van der Waals surface area contributed by atoms with E-state index < -0.39 is 0 Å². The predicted molar refractivity (Wildman–Crippen MR) is 72.7 cm³/mol. The largest absolute Gasteiger partial charge is 0.271 e. The molecule has 0 aromatic carbocycles. The van der Waals surface area contributed by atoms with Crippen LogP contribution in [0.15, 0.2) is 12.2 Å². The predicted octanol–water partition coefficient (Wildman–Crippen LogP) is 2.70. The van der Waals surface area contributed by atoms with Crippen molar-refractivity contribution in [3.05, 3.63) is 22.7 Å². The average molecular weight is 254 g/mol. The molecule has 0 aliphatic carbocycles. The van der Waals surface area contributed by atoms with Gasteiger partial charge in [-0.05, 0) is 31.3 Å². The van der Waals surface area contributed by atoms with Crippen LogP contribution in [0.25, 0.3) is 0 Å². The minimum absolute atomic E-state index is 0.000652. The average Bonchev–Trinajstić information content (AvgIpc) is 2.66. The van der Waals surface area contributed by atoms with Gasteiger partial charge in [-0.1, -0.05) is 30.8 Å². The number of allylic oxidation sites excluding steroid dienone is 1. The van der Waals surface area contributed by atoms with Gasteiger partial charge in [0, 0.05) is 5.41 Å². The van der Waals surface area contributed by atoms with E-state index >= 15 is 0 Å². The molecule has 96 valence electrons. The first-order valence-corrected chi connectivity index (χ1v) is 6.57. The van der Waals surface area contributed by atoms with Crippen molar-refractivity contribution >= 4 is 11.5 Å². The minimum Gasteiger partial charge on any atom is -0.271 e. The Labute approximate surface area is 107 Å². The van der Waals surface area contributed by atoms with Gasteiger partial charge in [-0.3, -0.25) is 11.3 Å². The van der Waals surface area contributed by atoms with Gasteiger partial charge in [-0.15, -0.1) is 11.7 Å². The lowest BCUT2D eigenvalue weighted by molar-refractivity contribution is 0.494. The smallest absolute Gasteiger partial charge is 0.0857 e. The summed E-state index contributed by atoms with van der Waals surface area (Å²) in [5.41, 5.74) is 5.06. The fourth-order valence-corrected chi connectivity index (χ4v) is 2.58. The van der Waals surface area contributed by atoms with Crippen LogP contribution < -0.4 is 11.3 Å². The van der Waals surface area contributed by atoms with E-state index in [1.165, 1.54) is 17.1 Å². The van der Waals surface area contributed by atoms with Crippen LogP contribution in [0, 0.1) is 0 Å². The van der Waals surface area contributed by atoms with Gasteiger partial charge in [0.25, 0.3) is 0 Å². The molecule has 0 aliphatic heterocycles. The first-order chi connectivity index (χ1) is 7.86. The minimum atomic E-state index is 0.000652. The van der Waals surface area contributed by atoms with Crippen molar-refractivity contribution in [2.45, 2.75) is 52.0 Å². The maximum absolute atomic E-state index is 5.63. The van der Waals surface area contributed by atoms with Crippen LogP contribution in [0.2, 0.25) is 0 Å². The van der Waals surface area contributed by atoms with E-state index in [1.54, 1.807) is 0 Å². The molecule has 4 nitrogen and oxygen atoms in total. The third-order valence-corrected chi connectivity index (χ3v) is 3.44. The second-order valence-corrected chi connectivity index (χ2v) is 6.24. The monoisotopic (exact) mass is 254 g/mol. The summed E-state index contributed by atoms with van der Waals surface area (Å²) >= 11 is 1.43. The lowest BCUT2D eigenvalue weighted by Gasteiger charge is -2.21. The number of nitrogens with two attached hydrogens (primary N) is 1. The van der Waals surface area contributed by atoms with Crippen molar-refractivity contribution < 1.29 is 0 Å². The lowest BCUT2D eigenvalue weighted by atomic mass is 9.89. The van der Waals surface area contributed by atoms with E-state index in [-0.39, 0.29) is 11.5 Å². The van der Waals surface area contributed by atoms with Gasteiger partial charge in [0.15, 0.2) is 0 Å². The molecular formula is C12H22N4S. The Balaban J connectivity index is 2.89. The molecule has 3 N–H and O–H groups in total. The number of nitrogens with zero attached hydrogens (tertiary/aromatic N) is 2. The SMILES string of the molecule is C=C(C)CCC(NN)c1snnc1C(C)(C)C. The summed E-state index contributed by atoms with van der Waals surface area (Å²) in [7, 11) is 0. The van der Waals surface area contributed by atoms with E-state index in [1.807, 2.05) is 6.92 Å². The van der Waals surface area contributed by atoms with Crippen LogP contribution in [-0.2, 0) is 5.41 Å². The molecule has 1 heterocycles. The highest BCUT2D eigenvalue weighted by Crippen LogP contribution is 2.32.